The number of hydrogen-bond acceptors (Lipinski definition) is 3. The molecule has 0 radical (unpaired) electrons. The van der Waals surface area contributed by atoms with Crippen LogP contribution in [0.4, 0.5) is 10.1 Å². The maximum Gasteiger partial charge on any atom is 0.191 e. The molecule has 0 atom stereocenters. The molecule has 0 saturated carbocycles. The summed E-state index contributed by atoms with van der Waals surface area (Å²) in [4.78, 5) is 12.2. The van der Waals surface area contributed by atoms with E-state index in [1.807, 2.05) is 36.5 Å². The third-order valence-corrected chi connectivity index (χ3v) is 5.42. The van der Waals surface area contributed by atoms with E-state index < -0.39 is 0 Å². The van der Waals surface area contributed by atoms with Gasteiger partial charge in [0, 0.05) is 55.5 Å². The Hall–Kier alpha value is -3.22. The predicted octanol–water partition coefficient (Wildman–Crippen LogP) is 3.00. The van der Waals surface area contributed by atoms with E-state index in [0.29, 0.717) is 12.5 Å². The van der Waals surface area contributed by atoms with Crippen LogP contribution in [0.25, 0.3) is 10.9 Å². The lowest BCUT2D eigenvalue weighted by Gasteiger charge is -2.36. The number of rotatable bonds is 5. The van der Waals surface area contributed by atoms with Gasteiger partial charge in [-0.05, 0) is 48.4 Å². The number of anilines is 1. The molecular formula is C22H26FN5O. The van der Waals surface area contributed by atoms with Gasteiger partial charge in [0.15, 0.2) is 5.96 Å². The van der Waals surface area contributed by atoms with E-state index >= 15 is 0 Å². The molecule has 1 aromatic heterocycles. The second-order valence-electron chi connectivity index (χ2n) is 7.14. The number of benzene rings is 2. The monoisotopic (exact) mass is 395 g/mol. The minimum absolute atomic E-state index is 0.211. The summed E-state index contributed by atoms with van der Waals surface area (Å²) in [7, 11) is 1.69. The summed E-state index contributed by atoms with van der Waals surface area (Å²) >= 11 is 0. The number of nitrogens with two attached hydrogens (primary N) is 1. The van der Waals surface area contributed by atoms with Crippen LogP contribution in [0.15, 0.2) is 53.7 Å². The summed E-state index contributed by atoms with van der Waals surface area (Å²) in [6.07, 6.45) is 2.80. The molecule has 0 amide bonds. The van der Waals surface area contributed by atoms with Gasteiger partial charge >= 0.3 is 0 Å². The van der Waals surface area contributed by atoms with Crippen molar-refractivity contribution in [1.29, 1.82) is 0 Å². The summed E-state index contributed by atoms with van der Waals surface area (Å²) in [5.74, 6) is 1.24. The minimum atomic E-state index is -0.211. The molecule has 3 N–H and O–H groups in total. The number of fused-ring (bicyclic) bond motifs is 1. The molecule has 1 saturated heterocycles. The topological polar surface area (TPSA) is 69.9 Å². The van der Waals surface area contributed by atoms with Crippen LogP contribution in [0.1, 0.15) is 5.56 Å². The first-order valence-corrected chi connectivity index (χ1v) is 9.84. The largest absolute Gasteiger partial charge is 0.496 e. The fourth-order valence-electron chi connectivity index (χ4n) is 3.82. The van der Waals surface area contributed by atoms with Gasteiger partial charge < -0.3 is 25.3 Å². The highest BCUT2D eigenvalue weighted by Crippen LogP contribution is 2.28. The zero-order valence-corrected chi connectivity index (χ0v) is 16.6. The van der Waals surface area contributed by atoms with Gasteiger partial charge in [-0.25, -0.2) is 4.39 Å². The lowest BCUT2D eigenvalue weighted by Crippen LogP contribution is -2.51. The number of hydrogen-bond donors (Lipinski definition) is 2. The fraction of sp³-hybridized carbons (Fsp3) is 0.318. The molecule has 0 aliphatic carbocycles. The van der Waals surface area contributed by atoms with Crippen LogP contribution in [-0.2, 0) is 6.42 Å². The van der Waals surface area contributed by atoms with Crippen molar-refractivity contribution in [3.05, 3.63) is 60.0 Å². The zero-order chi connectivity index (χ0) is 20.2. The van der Waals surface area contributed by atoms with Crippen molar-refractivity contribution >= 4 is 22.5 Å². The summed E-state index contributed by atoms with van der Waals surface area (Å²) in [5.41, 5.74) is 9.51. The van der Waals surface area contributed by atoms with Crippen LogP contribution in [0.2, 0.25) is 0 Å². The van der Waals surface area contributed by atoms with Crippen molar-refractivity contribution in [3.8, 4) is 5.75 Å². The Kier molecular flexibility index (Phi) is 5.55. The van der Waals surface area contributed by atoms with Crippen molar-refractivity contribution in [3.63, 3.8) is 0 Å². The smallest absolute Gasteiger partial charge is 0.191 e. The first-order chi connectivity index (χ1) is 14.2. The van der Waals surface area contributed by atoms with Crippen LogP contribution in [0.5, 0.6) is 5.75 Å². The first-order valence-electron chi connectivity index (χ1n) is 9.84. The number of nitrogens with one attached hydrogen (secondary N) is 1. The van der Waals surface area contributed by atoms with Gasteiger partial charge in [-0.15, -0.1) is 0 Å². The molecule has 3 aromatic rings. The predicted molar refractivity (Wildman–Crippen MR) is 115 cm³/mol. The number of methoxy groups -OCH3 is 1. The number of piperazine rings is 1. The highest BCUT2D eigenvalue weighted by atomic mass is 19.1. The standard InChI is InChI=1S/C22H26FN5O/c1-29-20-4-2-3-19-21(20)16(15-26-19)9-10-25-22(24)28-13-11-27(12-14-28)18-7-5-17(23)6-8-18/h2-8,15,26H,9-14H2,1H3,(H2,24,25). The molecule has 29 heavy (non-hydrogen) atoms. The van der Waals surface area contributed by atoms with E-state index in [-0.39, 0.29) is 5.82 Å². The molecular weight excluding hydrogens is 369 g/mol. The summed E-state index contributed by atoms with van der Waals surface area (Å²) in [5, 5.41) is 1.11. The SMILES string of the molecule is COc1cccc2[nH]cc(CCN=C(N)N3CCN(c4ccc(F)cc4)CC3)c12. The number of halogens is 1. The summed E-state index contributed by atoms with van der Waals surface area (Å²) in [6.45, 7) is 3.89. The van der Waals surface area contributed by atoms with Crippen molar-refractivity contribution < 1.29 is 9.13 Å². The third-order valence-electron chi connectivity index (χ3n) is 5.42. The lowest BCUT2D eigenvalue weighted by atomic mass is 10.1. The van der Waals surface area contributed by atoms with E-state index in [1.54, 1.807) is 7.11 Å². The van der Waals surface area contributed by atoms with Gasteiger partial charge in [-0.2, -0.15) is 0 Å². The van der Waals surface area contributed by atoms with Gasteiger partial charge in [0.1, 0.15) is 11.6 Å². The number of nitrogens with zero attached hydrogens (tertiary/aromatic N) is 3. The zero-order valence-electron chi connectivity index (χ0n) is 16.6. The van der Waals surface area contributed by atoms with E-state index in [2.05, 4.69) is 19.8 Å². The Labute approximate surface area is 169 Å². The second-order valence-corrected chi connectivity index (χ2v) is 7.14. The maximum atomic E-state index is 13.1. The third kappa shape index (κ3) is 4.13. The van der Waals surface area contributed by atoms with Crippen molar-refractivity contribution in [2.24, 2.45) is 10.7 Å². The van der Waals surface area contributed by atoms with Crippen molar-refractivity contribution in [2.45, 2.75) is 6.42 Å². The van der Waals surface area contributed by atoms with E-state index in [9.17, 15) is 4.39 Å². The Bertz CT molecular complexity index is 990. The number of ether oxygens (including phenoxy) is 1. The number of guanidine groups is 1. The number of aromatic nitrogens is 1. The molecule has 4 rings (SSSR count). The highest BCUT2D eigenvalue weighted by Gasteiger charge is 2.18. The fourth-order valence-corrected chi connectivity index (χ4v) is 3.82. The number of aromatic amines is 1. The average molecular weight is 395 g/mol. The molecule has 0 bridgehead atoms. The molecule has 2 heterocycles. The van der Waals surface area contributed by atoms with Crippen LogP contribution < -0.4 is 15.4 Å². The second kappa shape index (κ2) is 8.43. The van der Waals surface area contributed by atoms with Crippen LogP contribution in [-0.4, -0.2) is 55.7 Å². The molecule has 1 aliphatic rings. The minimum Gasteiger partial charge on any atom is -0.496 e. The van der Waals surface area contributed by atoms with Crippen LogP contribution in [0.3, 0.4) is 0 Å². The van der Waals surface area contributed by atoms with Crippen molar-refractivity contribution in [1.82, 2.24) is 9.88 Å². The average Bonchev–Trinajstić information content (AvgIpc) is 3.17. The number of H-pyrrole nitrogens is 1. The Morgan fingerprint density at radius 2 is 1.90 bits per heavy atom. The van der Waals surface area contributed by atoms with Gasteiger partial charge in [0.25, 0.3) is 0 Å². The molecule has 2 aromatic carbocycles. The Morgan fingerprint density at radius 3 is 2.62 bits per heavy atom. The Morgan fingerprint density at radius 1 is 1.14 bits per heavy atom. The summed E-state index contributed by atoms with van der Waals surface area (Å²) < 4.78 is 18.6. The molecule has 7 heteroatoms. The molecule has 0 unspecified atom stereocenters. The maximum absolute atomic E-state index is 13.1. The van der Waals surface area contributed by atoms with Gasteiger partial charge in [0.05, 0.1) is 7.11 Å². The molecule has 152 valence electrons. The molecule has 6 nitrogen and oxygen atoms in total. The molecule has 1 aliphatic heterocycles. The Balaban J connectivity index is 1.34. The van der Waals surface area contributed by atoms with Crippen LogP contribution >= 0.6 is 0 Å². The molecule has 1 fully saturated rings. The van der Waals surface area contributed by atoms with Gasteiger partial charge in [0.2, 0.25) is 0 Å². The van der Waals surface area contributed by atoms with Crippen molar-refractivity contribution in [2.75, 3.05) is 44.7 Å². The van der Waals surface area contributed by atoms with E-state index in [0.717, 1.165) is 54.9 Å². The van der Waals surface area contributed by atoms with E-state index in [1.165, 1.54) is 17.7 Å². The lowest BCUT2D eigenvalue weighted by molar-refractivity contribution is 0.381. The van der Waals surface area contributed by atoms with Gasteiger partial charge in [-0.1, -0.05) is 6.07 Å². The molecule has 0 spiro atoms. The quantitative estimate of drug-likeness (QED) is 0.515. The summed E-state index contributed by atoms with van der Waals surface area (Å²) in [6, 6.07) is 12.6. The van der Waals surface area contributed by atoms with Crippen LogP contribution in [0, 0.1) is 5.82 Å². The highest BCUT2D eigenvalue weighted by molar-refractivity contribution is 5.89. The van der Waals surface area contributed by atoms with Gasteiger partial charge in [-0.3, -0.25) is 4.99 Å². The number of aliphatic imine (C=N–C) groups is 1. The normalized spacial score (nSPS) is 15.2. The van der Waals surface area contributed by atoms with E-state index in [4.69, 9.17) is 10.5 Å². The first kappa shape index (κ1) is 19.1.